The van der Waals surface area contributed by atoms with Crippen LogP contribution < -0.4 is 5.56 Å². The maximum Gasteiger partial charge on any atom is 0.266 e. The topological polar surface area (TPSA) is 34.9 Å². The highest BCUT2D eigenvalue weighted by atomic mass is 16.1. The number of para-hydroxylation sites is 1. The molecule has 0 radical (unpaired) electrons. The molecular weight excluding hydrogens is 380 g/mol. The molecule has 0 aliphatic heterocycles. The van der Waals surface area contributed by atoms with Crippen LogP contribution >= 0.6 is 0 Å². The van der Waals surface area contributed by atoms with E-state index in [1.807, 2.05) is 72.8 Å². The van der Waals surface area contributed by atoms with Crippen LogP contribution in [0.5, 0.6) is 0 Å². The molecule has 0 unspecified atom stereocenters. The van der Waals surface area contributed by atoms with Gasteiger partial charge in [0.1, 0.15) is 5.82 Å². The predicted octanol–water partition coefficient (Wildman–Crippen LogP) is 6.36. The summed E-state index contributed by atoms with van der Waals surface area (Å²) in [5.74, 6) is 0.642. The molecule has 1 heterocycles. The SMILES string of the molecule is O=c1c2ccccc2nc(-c2ccccc2)n1-c1ccc2ccc3ccccc3c2c1. The van der Waals surface area contributed by atoms with Gasteiger partial charge >= 0.3 is 0 Å². The molecule has 3 nitrogen and oxygen atoms in total. The van der Waals surface area contributed by atoms with Crippen molar-refractivity contribution in [1.82, 2.24) is 9.55 Å². The number of hydrogen-bond donors (Lipinski definition) is 0. The highest BCUT2D eigenvalue weighted by Crippen LogP contribution is 2.29. The van der Waals surface area contributed by atoms with Crippen molar-refractivity contribution < 1.29 is 0 Å². The van der Waals surface area contributed by atoms with E-state index in [9.17, 15) is 4.79 Å². The fraction of sp³-hybridized carbons (Fsp3) is 0. The monoisotopic (exact) mass is 398 g/mol. The summed E-state index contributed by atoms with van der Waals surface area (Å²) in [6.07, 6.45) is 0. The Bertz CT molecular complexity index is 1650. The molecule has 0 fully saturated rings. The molecule has 0 saturated heterocycles. The van der Waals surface area contributed by atoms with Gasteiger partial charge in [-0.15, -0.1) is 0 Å². The van der Waals surface area contributed by atoms with Crippen molar-refractivity contribution in [2.24, 2.45) is 0 Å². The molecule has 0 atom stereocenters. The molecule has 0 amide bonds. The lowest BCUT2D eigenvalue weighted by molar-refractivity contribution is 0.978. The molecule has 6 aromatic rings. The third kappa shape index (κ3) is 2.82. The van der Waals surface area contributed by atoms with E-state index < -0.39 is 0 Å². The number of rotatable bonds is 2. The van der Waals surface area contributed by atoms with Crippen molar-refractivity contribution in [3.8, 4) is 17.1 Å². The average Bonchev–Trinajstić information content (AvgIpc) is 2.84. The molecule has 1 aromatic heterocycles. The summed E-state index contributed by atoms with van der Waals surface area (Å²) < 4.78 is 1.74. The summed E-state index contributed by atoms with van der Waals surface area (Å²) >= 11 is 0. The number of nitrogens with zero attached hydrogens (tertiary/aromatic N) is 2. The van der Waals surface area contributed by atoms with Crippen LogP contribution in [0.25, 0.3) is 49.5 Å². The summed E-state index contributed by atoms with van der Waals surface area (Å²) in [5, 5.41) is 5.23. The lowest BCUT2D eigenvalue weighted by Gasteiger charge is -2.15. The van der Waals surface area contributed by atoms with Crippen molar-refractivity contribution in [3.63, 3.8) is 0 Å². The number of benzene rings is 5. The van der Waals surface area contributed by atoms with Crippen LogP contribution in [0.4, 0.5) is 0 Å². The molecule has 0 bridgehead atoms. The molecule has 0 N–H and O–H groups in total. The molecular formula is C28H18N2O. The third-order valence-electron chi connectivity index (χ3n) is 5.80. The van der Waals surface area contributed by atoms with Crippen molar-refractivity contribution in [1.29, 1.82) is 0 Å². The van der Waals surface area contributed by atoms with Gasteiger partial charge in [-0.05, 0) is 45.8 Å². The van der Waals surface area contributed by atoms with Crippen molar-refractivity contribution in [2.45, 2.75) is 0 Å². The third-order valence-corrected chi connectivity index (χ3v) is 5.80. The fourth-order valence-electron chi connectivity index (χ4n) is 4.28. The van der Waals surface area contributed by atoms with Crippen LogP contribution in [0.2, 0.25) is 0 Å². The van der Waals surface area contributed by atoms with E-state index in [0.29, 0.717) is 16.7 Å². The molecule has 0 aliphatic carbocycles. The van der Waals surface area contributed by atoms with Gasteiger partial charge in [0.15, 0.2) is 0 Å². The van der Waals surface area contributed by atoms with Crippen LogP contribution in [0.1, 0.15) is 0 Å². The van der Waals surface area contributed by atoms with Gasteiger partial charge in [-0.2, -0.15) is 0 Å². The second-order valence-electron chi connectivity index (χ2n) is 7.65. The lowest BCUT2D eigenvalue weighted by Crippen LogP contribution is -2.21. The minimum Gasteiger partial charge on any atom is -0.268 e. The first-order valence-electron chi connectivity index (χ1n) is 10.3. The van der Waals surface area contributed by atoms with Crippen LogP contribution in [-0.2, 0) is 0 Å². The molecule has 5 aromatic carbocycles. The first-order chi connectivity index (χ1) is 15.3. The minimum atomic E-state index is -0.0657. The Morgan fingerprint density at radius 1 is 0.581 bits per heavy atom. The Balaban J connectivity index is 1.73. The number of hydrogen-bond acceptors (Lipinski definition) is 2. The van der Waals surface area contributed by atoms with Gasteiger partial charge in [-0.3, -0.25) is 9.36 Å². The van der Waals surface area contributed by atoms with E-state index in [0.717, 1.165) is 22.0 Å². The van der Waals surface area contributed by atoms with Crippen molar-refractivity contribution in [3.05, 3.63) is 120 Å². The largest absolute Gasteiger partial charge is 0.268 e. The van der Waals surface area contributed by atoms with E-state index in [2.05, 4.69) is 36.4 Å². The summed E-state index contributed by atoms with van der Waals surface area (Å²) in [4.78, 5) is 18.5. The molecule has 6 rings (SSSR count). The zero-order chi connectivity index (χ0) is 20.8. The summed E-state index contributed by atoms with van der Waals surface area (Å²) in [7, 11) is 0. The van der Waals surface area contributed by atoms with Crippen LogP contribution in [0.3, 0.4) is 0 Å². The second-order valence-corrected chi connectivity index (χ2v) is 7.65. The fourth-order valence-corrected chi connectivity index (χ4v) is 4.28. The quantitative estimate of drug-likeness (QED) is 0.318. The van der Waals surface area contributed by atoms with E-state index in [-0.39, 0.29) is 5.56 Å². The molecule has 0 saturated carbocycles. The Hall–Kier alpha value is -4.24. The van der Waals surface area contributed by atoms with Gasteiger partial charge < -0.3 is 0 Å². The maximum atomic E-state index is 13.6. The van der Waals surface area contributed by atoms with E-state index in [4.69, 9.17) is 4.98 Å². The molecule has 31 heavy (non-hydrogen) atoms. The van der Waals surface area contributed by atoms with Crippen LogP contribution in [0.15, 0.2) is 114 Å². The zero-order valence-electron chi connectivity index (χ0n) is 16.7. The highest BCUT2D eigenvalue weighted by Gasteiger charge is 2.15. The first-order valence-corrected chi connectivity index (χ1v) is 10.3. The molecule has 3 heteroatoms. The zero-order valence-corrected chi connectivity index (χ0v) is 16.7. The number of aromatic nitrogens is 2. The van der Waals surface area contributed by atoms with Gasteiger partial charge in [0.05, 0.1) is 16.6 Å². The van der Waals surface area contributed by atoms with Crippen LogP contribution in [0, 0.1) is 0 Å². The maximum absolute atomic E-state index is 13.6. The van der Waals surface area contributed by atoms with Gasteiger partial charge in [0.25, 0.3) is 5.56 Å². The normalized spacial score (nSPS) is 11.4. The molecule has 0 aliphatic rings. The van der Waals surface area contributed by atoms with E-state index >= 15 is 0 Å². The number of fused-ring (bicyclic) bond motifs is 4. The predicted molar refractivity (Wildman–Crippen MR) is 128 cm³/mol. The smallest absolute Gasteiger partial charge is 0.266 e. The minimum absolute atomic E-state index is 0.0657. The van der Waals surface area contributed by atoms with E-state index in [1.54, 1.807) is 4.57 Å². The first kappa shape index (κ1) is 17.6. The van der Waals surface area contributed by atoms with Gasteiger partial charge in [0, 0.05) is 5.56 Å². The van der Waals surface area contributed by atoms with Crippen molar-refractivity contribution >= 4 is 32.4 Å². The lowest BCUT2D eigenvalue weighted by atomic mass is 10.0. The Morgan fingerprint density at radius 2 is 1.23 bits per heavy atom. The van der Waals surface area contributed by atoms with Gasteiger partial charge in [-0.25, -0.2) is 4.98 Å². The van der Waals surface area contributed by atoms with Crippen LogP contribution in [-0.4, -0.2) is 9.55 Å². The summed E-state index contributed by atoms with van der Waals surface area (Å²) in [6, 6.07) is 36.2. The Labute approximate surface area is 178 Å². The highest BCUT2D eigenvalue weighted by molar-refractivity contribution is 6.08. The average molecular weight is 398 g/mol. The molecule has 0 spiro atoms. The molecule has 146 valence electrons. The Kier molecular flexibility index (Phi) is 3.93. The summed E-state index contributed by atoms with van der Waals surface area (Å²) in [6.45, 7) is 0. The van der Waals surface area contributed by atoms with Gasteiger partial charge in [-0.1, -0.05) is 84.9 Å². The standard InChI is InChI=1S/C28H18N2O/c31-28-24-12-6-7-13-26(24)29-27(21-9-2-1-3-10-21)30(28)22-17-16-20-15-14-19-8-4-5-11-23(19)25(20)18-22/h1-18H. The van der Waals surface area contributed by atoms with Gasteiger partial charge in [0.2, 0.25) is 0 Å². The second kappa shape index (κ2) is 6.92. The van der Waals surface area contributed by atoms with Crippen molar-refractivity contribution in [2.75, 3.05) is 0 Å². The van der Waals surface area contributed by atoms with E-state index in [1.165, 1.54) is 10.8 Å². The summed E-state index contributed by atoms with van der Waals surface area (Å²) in [5.41, 5.74) is 2.35. The Morgan fingerprint density at radius 3 is 2.06 bits per heavy atom.